The van der Waals surface area contributed by atoms with E-state index in [9.17, 15) is 18.0 Å². The second kappa shape index (κ2) is 8.47. The van der Waals surface area contributed by atoms with Crippen LogP contribution < -0.4 is 15.4 Å². The number of imide groups is 1. The minimum atomic E-state index is -3.92. The standard InChI is InChI=1S/C18H21N5O4S2/c1-11-9-12(2)21-18(20-11)22-29(26,27)14-5-3-13(4-6-14)23-16(24)10-15(17(23)25)28-8-7-19/h3-6,9,15H,7-8,10,19H2,1-2H3,(H,20,21,22). The lowest BCUT2D eigenvalue weighted by molar-refractivity contribution is -0.121. The van der Waals surface area contributed by atoms with Gasteiger partial charge in [0.1, 0.15) is 0 Å². The lowest BCUT2D eigenvalue weighted by Crippen LogP contribution is -2.31. The third-order valence-corrected chi connectivity index (χ3v) is 6.74. The molecule has 0 saturated carbocycles. The highest BCUT2D eigenvalue weighted by Crippen LogP contribution is 2.30. The molecule has 1 aromatic carbocycles. The summed E-state index contributed by atoms with van der Waals surface area (Å²) in [4.78, 5) is 34.0. The van der Waals surface area contributed by atoms with Crippen LogP contribution in [0.3, 0.4) is 0 Å². The molecule has 2 heterocycles. The number of hydrogen-bond acceptors (Lipinski definition) is 8. The quantitative estimate of drug-likeness (QED) is 0.620. The van der Waals surface area contributed by atoms with Crippen LogP contribution >= 0.6 is 11.8 Å². The van der Waals surface area contributed by atoms with Crippen LogP contribution in [0.5, 0.6) is 0 Å². The molecule has 1 aliphatic heterocycles. The Kier molecular flexibility index (Phi) is 6.20. The molecular formula is C18H21N5O4S2. The number of amides is 2. The van der Waals surface area contributed by atoms with Crippen LogP contribution in [0.2, 0.25) is 0 Å². The number of hydrogen-bond donors (Lipinski definition) is 2. The zero-order valence-corrected chi connectivity index (χ0v) is 17.6. The van der Waals surface area contributed by atoms with Crippen molar-refractivity contribution in [2.75, 3.05) is 21.9 Å². The SMILES string of the molecule is Cc1cc(C)nc(NS(=O)(=O)c2ccc(N3C(=O)CC(SCCN)C3=O)cc2)n1. The lowest BCUT2D eigenvalue weighted by atomic mass is 10.3. The van der Waals surface area contributed by atoms with E-state index in [1.165, 1.54) is 36.0 Å². The fourth-order valence-electron chi connectivity index (χ4n) is 2.94. The van der Waals surface area contributed by atoms with Crippen molar-refractivity contribution in [3.63, 3.8) is 0 Å². The molecule has 1 unspecified atom stereocenters. The molecule has 1 atom stereocenters. The van der Waals surface area contributed by atoms with Crippen LogP contribution in [-0.2, 0) is 19.6 Å². The maximum absolute atomic E-state index is 12.6. The highest BCUT2D eigenvalue weighted by Gasteiger charge is 2.39. The number of rotatable bonds is 7. The number of aryl methyl sites for hydroxylation is 2. The van der Waals surface area contributed by atoms with Gasteiger partial charge in [0.05, 0.1) is 15.8 Å². The molecule has 1 saturated heterocycles. The molecule has 1 aromatic heterocycles. The highest BCUT2D eigenvalue weighted by atomic mass is 32.2. The van der Waals surface area contributed by atoms with Gasteiger partial charge in [0.15, 0.2) is 0 Å². The van der Waals surface area contributed by atoms with Crippen molar-refractivity contribution in [2.45, 2.75) is 30.4 Å². The van der Waals surface area contributed by atoms with Crippen LogP contribution in [0, 0.1) is 13.8 Å². The minimum Gasteiger partial charge on any atom is -0.330 e. The van der Waals surface area contributed by atoms with E-state index >= 15 is 0 Å². The van der Waals surface area contributed by atoms with Crippen molar-refractivity contribution < 1.29 is 18.0 Å². The largest absolute Gasteiger partial charge is 0.330 e. The Balaban J connectivity index is 1.79. The molecule has 0 aliphatic carbocycles. The number of anilines is 2. The van der Waals surface area contributed by atoms with Gasteiger partial charge in [-0.1, -0.05) is 0 Å². The number of nitrogens with one attached hydrogen (secondary N) is 1. The van der Waals surface area contributed by atoms with Crippen molar-refractivity contribution in [2.24, 2.45) is 5.73 Å². The van der Waals surface area contributed by atoms with Gasteiger partial charge < -0.3 is 5.73 Å². The second-order valence-corrected chi connectivity index (χ2v) is 9.49. The first-order valence-electron chi connectivity index (χ1n) is 8.85. The summed E-state index contributed by atoms with van der Waals surface area (Å²) in [5.41, 5.74) is 7.07. The van der Waals surface area contributed by atoms with Gasteiger partial charge in [0, 0.05) is 30.1 Å². The molecule has 3 N–H and O–H groups in total. The monoisotopic (exact) mass is 435 g/mol. The predicted molar refractivity (Wildman–Crippen MR) is 111 cm³/mol. The Hall–Kier alpha value is -2.50. The molecule has 0 spiro atoms. The van der Waals surface area contributed by atoms with Gasteiger partial charge in [-0.3, -0.25) is 9.59 Å². The molecule has 11 heteroatoms. The van der Waals surface area contributed by atoms with Crippen LogP contribution in [0.1, 0.15) is 17.8 Å². The maximum atomic E-state index is 12.6. The third kappa shape index (κ3) is 4.74. The van der Waals surface area contributed by atoms with E-state index in [2.05, 4.69) is 14.7 Å². The smallest absolute Gasteiger partial charge is 0.264 e. The third-order valence-electron chi connectivity index (χ3n) is 4.16. The second-order valence-electron chi connectivity index (χ2n) is 6.49. The van der Waals surface area contributed by atoms with Crippen LogP contribution in [0.4, 0.5) is 11.6 Å². The zero-order valence-electron chi connectivity index (χ0n) is 16.0. The number of thioether (sulfide) groups is 1. The van der Waals surface area contributed by atoms with E-state index in [0.717, 1.165) is 4.90 Å². The van der Waals surface area contributed by atoms with E-state index in [1.807, 2.05) is 0 Å². The summed E-state index contributed by atoms with van der Waals surface area (Å²) in [6.45, 7) is 3.90. The van der Waals surface area contributed by atoms with Gasteiger partial charge in [0.2, 0.25) is 17.8 Å². The van der Waals surface area contributed by atoms with Gasteiger partial charge >= 0.3 is 0 Å². The number of carbonyl (C=O) groups excluding carboxylic acids is 2. The molecule has 1 fully saturated rings. The van der Waals surface area contributed by atoms with Crippen molar-refractivity contribution >= 4 is 45.2 Å². The number of carbonyl (C=O) groups is 2. The molecule has 0 bridgehead atoms. The minimum absolute atomic E-state index is 0.0174. The van der Waals surface area contributed by atoms with Gasteiger partial charge in [-0.2, -0.15) is 0 Å². The molecule has 2 aromatic rings. The van der Waals surface area contributed by atoms with Crippen LogP contribution in [-0.4, -0.2) is 47.7 Å². The van der Waals surface area contributed by atoms with E-state index in [-0.39, 0.29) is 29.1 Å². The summed E-state index contributed by atoms with van der Waals surface area (Å²) in [6, 6.07) is 7.27. The average molecular weight is 436 g/mol. The number of benzene rings is 1. The molecule has 3 rings (SSSR count). The van der Waals surface area contributed by atoms with Gasteiger partial charge in [-0.25, -0.2) is 28.0 Å². The van der Waals surface area contributed by atoms with Crippen LogP contribution in [0.25, 0.3) is 0 Å². The topological polar surface area (TPSA) is 135 Å². The fraction of sp³-hybridized carbons (Fsp3) is 0.333. The van der Waals surface area contributed by atoms with E-state index < -0.39 is 15.3 Å². The lowest BCUT2D eigenvalue weighted by Gasteiger charge is -2.15. The van der Waals surface area contributed by atoms with Crippen LogP contribution in [0.15, 0.2) is 35.2 Å². The van der Waals surface area contributed by atoms with Crippen molar-refractivity contribution in [3.05, 3.63) is 41.7 Å². The predicted octanol–water partition coefficient (Wildman–Crippen LogP) is 1.22. The Morgan fingerprint density at radius 1 is 1.17 bits per heavy atom. The highest BCUT2D eigenvalue weighted by molar-refractivity contribution is 8.00. The summed E-state index contributed by atoms with van der Waals surface area (Å²) in [5.74, 6) is -0.0649. The van der Waals surface area contributed by atoms with Gasteiger partial charge in [-0.05, 0) is 44.2 Å². The maximum Gasteiger partial charge on any atom is 0.264 e. The van der Waals surface area contributed by atoms with E-state index in [1.54, 1.807) is 19.9 Å². The normalized spacial score (nSPS) is 17.1. The molecule has 0 radical (unpaired) electrons. The molecule has 9 nitrogen and oxygen atoms in total. The Bertz CT molecular complexity index is 1020. The molecule has 29 heavy (non-hydrogen) atoms. The van der Waals surface area contributed by atoms with Gasteiger partial charge in [0.25, 0.3) is 10.0 Å². The molecule has 154 valence electrons. The zero-order chi connectivity index (χ0) is 21.2. The first kappa shape index (κ1) is 21.2. The first-order valence-corrected chi connectivity index (χ1v) is 11.4. The number of sulfonamides is 1. The molecule has 2 amide bonds. The molecule has 1 aliphatic rings. The Labute approximate surface area is 173 Å². The molecular weight excluding hydrogens is 414 g/mol. The van der Waals surface area contributed by atoms with Gasteiger partial charge in [-0.15, -0.1) is 11.8 Å². The summed E-state index contributed by atoms with van der Waals surface area (Å²) in [5, 5.41) is -0.460. The summed E-state index contributed by atoms with van der Waals surface area (Å²) < 4.78 is 27.5. The summed E-state index contributed by atoms with van der Waals surface area (Å²) in [6.07, 6.45) is 0.106. The number of aromatic nitrogens is 2. The summed E-state index contributed by atoms with van der Waals surface area (Å²) >= 11 is 1.35. The first-order chi connectivity index (χ1) is 13.7. The van der Waals surface area contributed by atoms with Crippen molar-refractivity contribution in [1.29, 1.82) is 0 Å². The Morgan fingerprint density at radius 2 is 1.79 bits per heavy atom. The van der Waals surface area contributed by atoms with E-state index in [0.29, 0.717) is 29.4 Å². The number of nitrogens with zero attached hydrogens (tertiary/aromatic N) is 3. The van der Waals surface area contributed by atoms with Crippen molar-refractivity contribution in [1.82, 2.24) is 9.97 Å². The van der Waals surface area contributed by atoms with Crippen molar-refractivity contribution in [3.8, 4) is 0 Å². The average Bonchev–Trinajstić information content (AvgIpc) is 2.92. The number of nitrogens with two attached hydrogens (primary N) is 1. The fourth-order valence-corrected chi connectivity index (χ4v) is 4.81. The Morgan fingerprint density at radius 3 is 2.38 bits per heavy atom. The summed E-state index contributed by atoms with van der Waals surface area (Å²) in [7, 11) is -3.92. The van der Waals surface area contributed by atoms with E-state index in [4.69, 9.17) is 5.73 Å².